The smallest absolute Gasteiger partial charge is 0.872 e. The molecule has 0 saturated carbocycles. The summed E-state index contributed by atoms with van der Waals surface area (Å²) < 4.78 is 0. The van der Waals surface area contributed by atoms with E-state index in [4.69, 9.17) is 10.2 Å². The van der Waals surface area contributed by atoms with E-state index in [0.29, 0.717) is 22.3 Å². The van der Waals surface area contributed by atoms with Crippen LogP contribution in [0.5, 0.6) is 0 Å². The second-order valence-electron chi connectivity index (χ2n) is 7.21. The molecular weight excluding hydrogens is 539 g/mol. The van der Waals surface area contributed by atoms with Gasteiger partial charge in [-0.2, -0.15) is 0 Å². The normalized spacial score (nSPS) is 10.1. The molecule has 0 unspecified atom stereocenters. The van der Waals surface area contributed by atoms with Crippen molar-refractivity contribution in [1.29, 1.82) is 0 Å². The Morgan fingerprint density at radius 1 is 0.462 bits per heavy atom. The Morgan fingerprint density at radius 3 is 0.897 bits per heavy atom. The number of ketones is 2. The Balaban J connectivity index is 0.000000642. The minimum absolute atomic E-state index is 0. The molecule has 7 heteroatoms. The van der Waals surface area contributed by atoms with Gasteiger partial charge in [-0.25, -0.2) is 0 Å². The van der Waals surface area contributed by atoms with Gasteiger partial charge in [-0.05, 0) is 23.3 Å². The fourth-order valence-electron chi connectivity index (χ4n) is 2.98. The van der Waals surface area contributed by atoms with Crippen molar-refractivity contribution in [1.82, 2.24) is 0 Å². The summed E-state index contributed by atoms with van der Waals surface area (Å²) in [5.41, 5.74) is 2.10. The fourth-order valence-corrected chi connectivity index (χ4v) is 2.98. The van der Waals surface area contributed by atoms with Gasteiger partial charge in [0.05, 0.1) is 0 Å². The molecule has 0 atom stereocenters. The molecular formula is C32H30CoO6. The van der Waals surface area contributed by atoms with Crippen LogP contribution in [0.3, 0.4) is 0 Å². The van der Waals surface area contributed by atoms with Gasteiger partial charge in [0.15, 0.2) is 11.6 Å². The van der Waals surface area contributed by atoms with E-state index in [-0.39, 0.29) is 39.9 Å². The number of hydrogen-bond donors (Lipinski definition) is 2. The van der Waals surface area contributed by atoms with Crippen molar-refractivity contribution in [2.24, 2.45) is 0 Å². The van der Waals surface area contributed by atoms with Gasteiger partial charge in [0.25, 0.3) is 0 Å². The third-order valence-corrected chi connectivity index (χ3v) is 4.76. The molecule has 203 valence electrons. The molecule has 0 aliphatic rings. The molecule has 4 rings (SSSR count). The van der Waals surface area contributed by atoms with Crippen molar-refractivity contribution in [2.45, 2.75) is 0 Å². The van der Waals surface area contributed by atoms with Gasteiger partial charge in [-0.15, -0.1) is 0 Å². The first-order valence-electron chi connectivity index (χ1n) is 11.5. The molecule has 0 aromatic heterocycles. The average molecular weight is 570 g/mol. The summed E-state index contributed by atoms with van der Waals surface area (Å²) in [5, 5.41) is 37.5. The minimum atomic E-state index is -0.264. The summed E-state index contributed by atoms with van der Waals surface area (Å²) in [6.07, 6.45) is 2.26. The van der Waals surface area contributed by atoms with Crippen LogP contribution in [0.2, 0.25) is 0 Å². The molecule has 1 radical (unpaired) electrons. The predicted octanol–water partition coefficient (Wildman–Crippen LogP) is 3.76. The maximum Gasteiger partial charge on any atom is 2.00 e. The van der Waals surface area contributed by atoms with Crippen LogP contribution >= 0.6 is 0 Å². The SMILES string of the molecule is CO.CO.O=C(/C=C(\[O-])c1ccccc1)c1ccccc1.O=C(/C=C(\[O-])c1ccccc1)c1ccccc1.[Co+2]. The number of carbonyl (C=O) groups excluding carboxylic acids is 2. The monoisotopic (exact) mass is 569 g/mol. The van der Waals surface area contributed by atoms with Crippen LogP contribution in [-0.4, -0.2) is 36.0 Å². The van der Waals surface area contributed by atoms with Crippen molar-refractivity contribution >= 4 is 23.1 Å². The number of carbonyl (C=O) groups is 2. The van der Waals surface area contributed by atoms with Crippen LogP contribution in [0.15, 0.2) is 133 Å². The predicted molar refractivity (Wildman–Crippen MR) is 147 cm³/mol. The quantitative estimate of drug-likeness (QED) is 0.207. The van der Waals surface area contributed by atoms with Crippen LogP contribution in [0.25, 0.3) is 11.5 Å². The number of allylic oxidation sites excluding steroid dienone is 2. The van der Waals surface area contributed by atoms with Gasteiger partial charge >= 0.3 is 16.8 Å². The molecule has 0 bridgehead atoms. The first-order chi connectivity index (χ1) is 18.5. The van der Waals surface area contributed by atoms with Crippen LogP contribution < -0.4 is 10.2 Å². The van der Waals surface area contributed by atoms with E-state index < -0.39 is 0 Å². The van der Waals surface area contributed by atoms with E-state index in [0.717, 1.165) is 26.4 Å². The van der Waals surface area contributed by atoms with Crippen molar-refractivity contribution < 1.29 is 46.8 Å². The van der Waals surface area contributed by atoms with Gasteiger partial charge < -0.3 is 20.4 Å². The van der Waals surface area contributed by atoms with E-state index in [1.54, 1.807) is 97.1 Å². The van der Waals surface area contributed by atoms with Crippen molar-refractivity contribution in [2.75, 3.05) is 14.2 Å². The number of aliphatic hydroxyl groups excluding tert-OH is 2. The number of hydrogen-bond acceptors (Lipinski definition) is 6. The first-order valence-corrected chi connectivity index (χ1v) is 11.5. The van der Waals surface area contributed by atoms with Gasteiger partial charge in [0, 0.05) is 25.3 Å². The van der Waals surface area contributed by atoms with Crippen molar-refractivity contribution in [3.63, 3.8) is 0 Å². The van der Waals surface area contributed by atoms with E-state index in [1.807, 2.05) is 24.3 Å². The summed E-state index contributed by atoms with van der Waals surface area (Å²) in [6.45, 7) is 0. The van der Waals surface area contributed by atoms with Crippen LogP contribution in [0, 0.1) is 0 Å². The molecule has 0 saturated heterocycles. The van der Waals surface area contributed by atoms with Crippen LogP contribution in [0.1, 0.15) is 31.8 Å². The van der Waals surface area contributed by atoms with Crippen LogP contribution in [-0.2, 0) is 16.8 Å². The summed E-state index contributed by atoms with van der Waals surface area (Å²) in [7, 11) is 2.00. The third kappa shape index (κ3) is 12.7. The standard InChI is InChI=1S/2C15H12O2.2CH4O.Co/c2*16-14(12-7-3-1-4-8-12)11-15(17)13-9-5-2-6-10-13;2*1-2;/h2*1-11,16H;2*2H,1H3;/q;;;;+2/p-2/b2*14-11-;;;. The molecule has 39 heavy (non-hydrogen) atoms. The number of benzene rings is 4. The molecule has 0 spiro atoms. The maximum absolute atomic E-state index is 11.8. The zero-order valence-electron chi connectivity index (χ0n) is 21.6. The summed E-state index contributed by atoms with van der Waals surface area (Å²) >= 11 is 0. The van der Waals surface area contributed by atoms with Gasteiger partial charge in [0.1, 0.15) is 0 Å². The zero-order chi connectivity index (χ0) is 28.2. The van der Waals surface area contributed by atoms with Gasteiger partial charge in [-0.1, -0.05) is 133 Å². The Labute approximate surface area is 239 Å². The molecule has 0 heterocycles. The summed E-state index contributed by atoms with van der Waals surface area (Å²) in [4.78, 5) is 23.5. The topological polar surface area (TPSA) is 121 Å². The van der Waals surface area contributed by atoms with E-state index in [9.17, 15) is 19.8 Å². The van der Waals surface area contributed by atoms with Crippen molar-refractivity contribution in [3.05, 3.63) is 156 Å². The molecule has 2 N–H and O–H groups in total. The second kappa shape index (κ2) is 20.7. The van der Waals surface area contributed by atoms with E-state index >= 15 is 0 Å². The number of rotatable bonds is 6. The maximum atomic E-state index is 11.8. The van der Waals surface area contributed by atoms with Crippen LogP contribution in [0.4, 0.5) is 0 Å². The Bertz CT molecular complexity index is 1170. The molecule has 0 fully saturated rings. The Hall–Kier alpha value is -4.27. The molecule has 0 amide bonds. The zero-order valence-corrected chi connectivity index (χ0v) is 22.6. The number of aliphatic hydroxyl groups is 2. The molecule has 4 aromatic carbocycles. The second-order valence-corrected chi connectivity index (χ2v) is 7.21. The van der Waals surface area contributed by atoms with Crippen molar-refractivity contribution in [3.8, 4) is 0 Å². The fraction of sp³-hybridized carbons (Fsp3) is 0.0625. The molecule has 4 aromatic rings. The molecule has 6 nitrogen and oxygen atoms in total. The van der Waals surface area contributed by atoms with E-state index in [1.165, 1.54) is 0 Å². The first kappa shape index (κ1) is 34.7. The Morgan fingerprint density at radius 2 is 0.667 bits per heavy atom. The third-order valence-electron chi connectivity index (χ3n) is 4.76. The van der Waals surface area contributed by atoms with Gasteiger partial charge in [-0.3, -0.25) is 9.59 Å². The minimum Gasteiger partial charge on any atom is -0.872 e. The largest absolute Gasteiger partial charge is 2.00 e. The molecule has 0 aliphatic heterocycles. The van der Waals surface area contributed by atoms with Gasteiger partial charge in [0.2, 0.25) is 0 Å². The average Bonchev–Trinajstić information content (AvgIpc) is 3.01. The van der Waals surface area contributed by atoms with E-state index in [2.05, 4.69) is 0 Å². The Kier molecular flexibility index (Phi) is 18.5. The summed E-state index contributed by atoms with van der Waals surface area (Å²) in [6, 6.07) is 35.0. The summed E-state index contributed by atoms with van der Waals surface area (Å²) in [5.74, 6) is -1.06. The molecule has 0 aliphatic carbocycles.